The van der Waals surface area contributed by atoms with Crippen molar-refractivity contribution in [2.75, 3.05) is 7.05 Å². The lowest BCUT2D eigenvalue weighted by molar-refractivity contribution is 0.211. The summed E-state index contributed by atoms with van der Waals surface area (Å²) in [6.45, 7) is 11.4. The Labute approximate surface area is 124 Å². The molecule has 2 aromatic heterocycles. The van der Waals surface area contributed by atoms with Crippen LogP contribution in [-0.4, -0.2) is 21.9 Å². The molecule has 2 heterocycles. The van der Waals surface area contributed by atoms with Gasteiger partial charge < -0.3 is 4.42 Å². The molecule has 0 saturated carbocycles. The zero-order valence-corrected chi connectivity index (χ0v) is 13.9. The highest BCUT2D eigenvalue weighted by Crippen LogP contribution is 2.27. The Morgan fingerprint density at radius 3 is 2.55 bits per heavy atom. The molecule has 0 fully saturated rings. The molecule has 4 nitrogen and oxygen atoms in total. The van der Waals surface area contributed by atoms with Crippen molar-refractivity contribution >= 4 is 11.3 Å². The molecule has 0 aliphatic carbocycles. The number of thiazole rings is 1. The van der Waals surface area contributed by atoms with Crippen LogP contribution >= 0.6 is 11.3 Å². The van der Waals surface area contributed by atoms with Gasteiger partial charge >= 0.3 is 0 Å². The van der Waals surface area contributed by atoms with Crippen molar-refractivity contribution in [1.82, 2.24) is 14.9 Å². The lowest BCUT2D eigenvalue weighted by atomic mass is 9.94. The van der Waals surface area contributed by atoms with Crippen LogP contribution < -0.4 is 0 Å². The van der Waals surface area contributed by atoms with Crippen molar-refractivity contribution in [3.8, 4) is 0 Å². The highest BCUT2D eigenvalue weighted by atomic mass is 32.1. The molecule has 0 amide bonds. The van der Waals surface area contributed by atoms with Gasteiger partial charge in [-0.25, -0.2) is 9.97 Å². The summed E-state index contributed by atoms with van der Waals surface area (Å²) < 4.78 is 5.92. The van der Waals surface area contributed by atoms with Crippen LogP contribution in [0.3, 0.4) is 0 Å². The molecule has 5 heteroatoms. The average molecular weight is 293 g/mol. The van der Waals surface area contributed by atoms with Crippen LogP contribution in [0.1, 0.15) is 56.0 Å². The summed E-state index contributed by atoms with van der Waals surface area (Å²) >= 11 is 1.70. The van der Waals surface area contributed by atoms with Crippen molar-refractivity contribution in [3.05, 3.63) is 33.9 Å². The van der Waals surface area contributed by atoms with E-state index in [2.05, 4.69) is 49.6 Å². The van der Waals surface area contributed by atoms with Crippen LogP contribution in [0.4, 0.5) is 0 Å². The predicted octanol–water partition coefficient (Wildman–Crippen LogP) is 3.93. The van der Waals surface area contributed by atoms with Crippen LogP contribution in [0.2, 0.25) is 0 Å². The lowest BCUT2D eigenvalue weighted by Gasteiger charge is -2.22. The van der Waals surface area contributed by atoms with E-state index in [4.69, 9.17) is 4.42 Å². The summed E-state index contributed by atoms with van der Waals surface area (Å²) in [6.07, 6.45) is 1.84. The molecule has 2 aromatic rings. The van der Waals surface area contributed by atoms with Gasteiger partial charge in [-0.2, -0.15) is 0 Å². The second-order valence-electron chi connectivity index (χ2n) is 6.26. The molecule has 2 rings (SSSR count). The van der Waals surface area contributed by atoms with Crippen molar-refractivity contribution < 1.29 is 4.42 Å². The third-order valence-electron chi connectivity index (χ3n) is 3.52. The quantitative estimate of drug-likeness (QED) is 0.856. The Bertz CT molecular complexity index is 568. The van der Waals surface area contributed by atoms with E-state index in [0.717, 1.165) is 23.9 Å². The first kappa shape index (κ1) is 15.2. The first-order valence-electron chi connectivity index (χ1n) is 6.84. The number of nitrogens with zero attached hydrogens (tertiary/aromatic N) is 3. The number of hydrogen-bond donors (Lipinski definition) is 0. The van der Waals surface area contributed by atoms with Gasteiger partial charge in [0.15, 0.2) is 0 Å². The number of oxazole rings is 1. The van der Waals surface area contributed by atoms with Gasteiger partial charge in [0.2, 0.25) is 5.89 Å². The molecule has 0 radical (unpaired) electrons. The summed E-state index contributed by atoms with van der Waals surface area (Å²) in [5.74, 6) is 1.71. The molecular formula is C15H23N3OS. The van der Waals surface area contributed by atoms with Crippen LogP contribution in [-0.2, 0) is 12.0 Å². The Morgan fingerprint density at radius 2 is 2.05 bits per heavy atom. The first-order valence-corrected chi connectivity index (χ1v) is 7.72. The standard InChI is InChI=1S/C15H23N3OS/c1-10-12(20-9-17-10)8-18(6)11(2)14-16-7-13(19-14)15(3,4)5/h7,9,11H,8H2,1-6H3. The summed E-state index contributed by atoms with van der Waals surface area (Å²) in [4.78, 5) is 12.3. The molecule has 110 valence electrons. The Balaban J connectivity index is 2.09. The van der Waals surface area contributed by atoms with E-state index in [-0.39, 0.29) is 11.5 Å². The second-order valence-corrected chi connectivity index (χ2v) is 7.20. The van der Waals surface area contributed by atoms with Gasteiger partial charge in [-0.15, -0.1) is 11.3 Å². The summed E-state index contributed by atoms with van der Waals surface area (Å²) in [5, 5.41) is 0. The zero-order valence-electron chi connectivity index (χ0n) is 13.1. The minimum Gasteiger partial charge on any atom is -0.443 e. The van der Waals surface area contributed by atoms with Gasteiger partial charge in [-0.1, -0.05) is 20.8 Å². The van der Waals surface area contributed by atoms with E-state index in [9.17, 15) is 0 Å². The number of aryl methyl sites for hydroxylation is 1. The highest BCUT2D eigenvalue weighted by molar-refractivity contribution is 7.09. The van der Waals surface area contributed by atoms with Crippen LogP contribution in [0.5, 0.6) is 0 Å². The second kappa shape index (κ2) is 5.66. The Hall–Kier alpha value is -1.20. The third-order valence-corrected chi connectivity index (χ3v) is 4.44. The Morgan fingerprint density at radius 1 is 1.35 bits per heavy atom. The van der Waals surface area contributed by atoms with Crippen LogP contribution in [0.15, 0.2) is 16.1 Å². The normalized spacial score (nSPS) is 13.9. The van der Waals surface area contributed by atoms with E-state index in [1.807, 2.05) is 18.6 Å². The van der Waals surface area contributed by atoms with Crippen molar-refractivity contribution in [2.24, 2.45) is 0 Å². The minimum absolute atomic E-state index is 0.00218. The maximum Gasteiger partial charge on any atom is 0.211 e. The van der Waals surface area contributed by atoms with Crippen molar-refractivity contribution in [3.63, 3.8) is 0 Å². The summed E-state index contributed by atoms with van der Waals surface area (Å²) in [6, 6.07) is 0.146. The maximum atomic E-state index is 5.92. The summed E-state index contributed by atoms with van der Waals surface area (Å²) in [7, 11) is 2.09. The summed E-state index contributed by atoms with van der Waals surface area (Å²) in [5.41, 5.74) is 3.00. The van der Waals surface area contributed by atoms with E-state index in [1.165, 1.54) is 4.88 Å². The van der Waals surface area contributed by atoms with Gasteiger partial charge in [0.1, 0.15) is 5.76 Å². The number of hydrogen-bond acceptors (Lipinski definition) is 5. The number of rotatable bonds is 4. The van der Waals surface area contributed by atoms with Gasteiger partial charge in [0.05, 0.1) is 23.4 Å². The van der Waals surface area contributed by atoms with Gasteiger partial charge in [-0.05, 0) is 20.9 Å². The Kier molecular flexibility index (Phi) is 4.30. The van der Waals surface area contributed by atoms with Crippen molar-refractivity contribution in [2.45, 2.75) is 52.6 Å². The fraction of sp³-hybridized carbons (Fsp3) is 0.600. The molecule has 0 aliphatic heterocycles. The molecule has 1 atom stereocenters. The molecule has 0 bridgehead atoms. The molecule has 0 aliphatic rings. The average Bonchev–Trinajstić information content (AvgIpc) is 2.97. The molecular weight excluding hydrogens is 270 g/mol. The smallest absolute Gasteiger partial charge is 0.211 e. The largest absolute Gasteiger partial charge is 0.443 e. The number of aromatic nitrogens is 2. The zero-order chi connectivity index (χ0) is 14.9. The monoisotopic (exact) mass is 293 g/mol. The van der Waals surface area contributed by atoms with Gasteiger partial charge in [0, 0.05) is 16.8 Å². The third kappa shape index (κ3) is 3.27. The first-order chi connectivity index (χ1) is 9.29. The fourth-order valence-corrected chi connectivity index (χ4v) is 2.70. The topological polar surface area (TPSA) is 42.2 Å². The fourth-order valence-electron chi connectivity index (χ4n) is 1.86. The van der Waals surface area contributed by atoms with Crippen LogP contribution in [0.25, 0.3) is 0 Å². The maximum absolute atomic E-state index is 5.92. The molecule has 0 saturated heterocycles. The highest BCUT2D eigenvalue weighted by Gasteiger charge is 2.23. The molecule has 0 spiro atoms. The SMILES string of the molecule is Cc1ncsc1CN(C)C(C)c1ncc(C(C)(C)C)o1. The van der Waals surface area contributed by atoms with Crippen LogP contribution in [0, 0.1) is 6.92 Å². The van der Waals surface area contributed by atoms with Gasteiger partial charge in [0.25, 0.3) is 0 Å². The van der Waals surface area contributed by atoms with Crippen molar-refractivity contribution in [1.29, 1.82) is 0 Å². The molecule has 0 aromatic carbocycles. The molecule has 20 heavy (non-hydrogen) atoms. The van der Waals surface area contributed by atoms with E-state index in [0.29, 0.717) is 0 Å². The van der Waals surface area contributed by atoms with E-state index < -0.39 is 0 Å². The van der Waals surface area contributed by atoms with E-state index in [1.54, 1.807) is 11.3 Å². The molecule has 0 N–H and O–H groups in total. The minimum atomic E-state index is -0.00218. The van der Waals surface area contributed by atoms with Gasteiger partial charge in [-0.3, -0.25) is 4.90 Å². The molecule has 1 unspecified atom stereocenters. The van der Waals surface area contributed by atoms with E-state index >= 15 is 0 Å². The lowest BCUT2D eigenvalue weighted by Crippen LogP contribution is -2.22. The predicted molar refractivity (Wildman–Crippen MR) is 81.9 cm³/mol.